The molecule has 3 N–H and O–H groups in total. The van der Waals surface area contributed by atoms with Gasteiger partial charge in [-0.2, -0.15) is 0 Å². The third-order valence-corrected chi connectivity index (χ3v) is 3.07. The number of aliphatic carboxylic acids is 1. The quantitative estimate of drug-likeness (QED) is 0.772. The Morgan fingerprint density at radius 3 is 2.61 bits per heavy atom. The molecule has 0 aliphatic heterocycles. The lowest BCUT2D eigenvalue weighted by Crippen LogP contribution is -2.52. The molecule has 0 saturated heterocycles. The molecule has 0 aliphatic rings. The molecule has 1 atom stereocenters. The molecule has 0 aliphatic carbocycles. The molecule has 1 heterocycles. The Labute approximate surface area is 109 Å². The van der Waals surface area contributed by atoms with Gasteiger partial charge in [0.25, 0.3) is 0 Å². The van der Waals surface area contributed by atoms with Crippen LogP contribution in [0.25, 0.3) is 0 Å². The highest BCUT2D eigenvalue weighted by molar-refractivity contribution is 7.09. The zero-order valence-electron chi connectivity index (χ0n) is 10.6. The number of carboxylic acid groups (broad SMARTS) is 1. The van der Waals surface area contributed by atoms with Crippen LogP contribution in [0.15, 0.2) is 11.7 Å². The van der Waals surface area contributed by atoms with Crippen molar-refractivity contribution >= 4 is 23.3 Å². The van der Waals surface area contributed by atoms with Crippen molar-refractivity contribution in [1.82, 2.24) is 15.6 Å². The van der Waals surface area contributed by atoms with E-state index < -0.39 is 23.5 Å². The Hall–Kier alpha value is -1.63. The summed E-state index contributed by atoms with van der Waals surface area (Å²) in [6, 6.07) is -1.43. The van der Waals surface area contributed by atoms with Crippen molar-refractivity contribution in [2.45, 2.75) is 33.4 Å². The largest absolute Gasteiger partial charge is 0.480 e. The highest BCUT2D eigenvalue weighted by Gasteiger charge is 2.32. The molecule has 2 amide bonds. The van der Waals surface area contributed by atoms with Crippen LogP contribution in [0.2, 0.25) is 0 Å². The lowest BCUT2D eigenvalue weighted by Gasteiger charge is -2.27. The summed E-state index contributed by atoms with van der Waals surface area (Å²) < 4.78 is 0. The van der Waals surface area contributed by atoms with Crippen molar-refractivity contribution in [3.05, 3.63) is 16.6 Å². The SMILES string of the molecule is CC(C)(C)[C@@H](NC(=O)NCc1cncs1)C(=O)O. The monoisotopic (exact) mass is 271 g/mol. The predicted molar refractivity (Wildman–Crippen MR) is 68.4 cm³/mol. The second-order valence-electron chi connectivity index (χ2n) is 4.93. The van der Waals surface area contributed by atoms with E-state index in [2.05, 4.69) is 15.6 Å². The molecular weight excluding hydrogens is 254 g/mol. The summed E-state index contributed by atoms with van der Waals surface area (Å²) in [5, 5.41) is 14.1. The zero-order chi connectivity index (χ0) is 13.8. The van der Waals surface area contributed by atoms with Gasteiger partial charge >= 0.3 is 12.0 Å². The lowest BCUT2D eigenvalue weighted by molar-refractivity contribution is -0.141. The zero-order valence-corrected chi connectivity index (χ0v) is 11.4. The van der Waals surface area contributed by atoms with Crippen molar-refractivity contribution < 1.29 is 14.7 Å². The van der Waals surface area contributed by atoms with Crippen LogP contribution < -0.4 is 10.6 Å². The molecule has 7 heteroatoms. The summed E-state index contributed by atoms with van der Waals surface area (Å²) in [6.45, 7) is 5.62. The highest BCUT2D eigenvalue weighted by atomic mass is 32.1. The van der Waals surface area contributed by atoms with Crippen molar-refractivity contribution in [3.8, 4) is 0 Å². The molecule has 0 saturated carbocycles. The van der Waals surface area contributed by atoms with Crippen LogP contribution in [0.5, 0.6) is 0 Å². The van der Waals surface area contributed by atoms with Crippen molar-refractivity contribution in [1.29, 1.82) is 0 Å². The maximum atomic E-state index is 11.6. The van der Waals surface area contributed by atoms with E-state index in [0.29, 0.717) is 6.54 Å². The number of carbonyl (C=O) groups excluding carboxylic acids is 1. The summed E-state index contributed by atoms with van der Waals surface area (Å²) in [4.78, 5) is 27.5. The standard InChI is InChI=1S/C11H17N3O3S/c1-11(2,3)8(9(15)16)14-10(17)13-5-7-4-12-6-18-7/h4,6,8H,5H2,1-3H3,(H,15,16)(H2,13,14,17)/t8-/m0/s1. The van der Waals surface area contributed by atoms with Crippen LogP contribution in [0.4, 0.5) is 4.79 Å². The van der Waals surface area contributed by atoms with Gasteiger partial charge in [-0.05, 0) is 5.41 Å². The summed E-state index contributed by atoms with van der Waals surface area (Å²) in [6.07, 6.45) is 1.66. The fraction of sp³-hybridized carbons (Fsp3) is 0.545. The van der Waals surface area contributed by atoms with Crippen molar-refractivity contribution in [2.24, 2.45) is 5.41 Å². The van der Waals surface area contributed by atoms with Gasteiger partial charge in [-0.3, -0.25) is 4.98 Å². The molecule has 0 bridgehead atoms. The van der Waals surface area contributed by atoms with E-state index >= 15 is 0 Å². The van der Waals surface area contributed by atoms with Gasteiger partial charge in [0.05, 0.1) is 12.1 Å². The molecule has 1 aromatic heterocycles. The Balaban J connectivity index is 2.49. The summed E-state index contributed by atoms with van der Waals surface area (Å²) >= 11 is 1.43. The van der Waals surface area contributed by atoms with Gasteiger partial charge in [-0.15, -0.1) is 11.3 Å². The summed E-state index contributed by atoms with van der Waals surface area (Å²) in [5.74, 6) is -1.05. The van der Waals surface area contributed by atoms with Gasteiger partial charge < -0.3 is 15.7 Å². The van der Waals surface area contributed by atoms with Crippen molar-refractivity contribution in [3.63, 3.8) is 0 Å². The minimum absolute atomic E-state index is 0.340. The van der Waals surface area contributed by atoms with Crippen LogP contribution in [-0.4, -0.2) is 28.1 Å². The first kappa shape index (κ1) is 14.4. The molecular formula is C11H17N3O3S. The molecule has 0 radical (unpaired) electrons. The first-order valence-corrected chi connectivity index (χ1v) is 6.33. The Morgan fingerprint density at radius 2 is 2.17 bits per heavy atom. The van der Waals surface area contributed by atoms with Crippen LogP contribution in [0.1, 0.15) is 25.6 Å². The molecule has 18 heavy (non-hydrogen) atoms. The van der Waals surface area contributed by atoms with E-state index in [9.17, 15) is 9.59 Å². The minimum atomic E-state index is -1.05. The topological polar surface area (TPSA) is 91.3 Å². The second kappa shape index (κ2) is 5.81. The Morgan fingerprint density at radius 1 is 1.50 bits per heavy atom. The smallest absolute Gasteiger partial charge is 0.326 e. The van der Waals surface area contributed by atoms with E-state index in [-0.39, 0.29) is 0 Å². The molecule has 100 valence electrons. The molecule has 0 aromatic carbocycles. The molecule has 6 nitrogen and oxygen atoms in total. The van der Waals surface area contributed by atoms with Gasteiger partial charge in [0.2, 0.25) is 0 Å². The molecule has 0 unspecified atom stereocenters. The molecule has 0 spiro atoms. The number of hydrogen-bond acceptors (Lipinski definition) is 4. The summed E-state index contributed by atoms with van der Waals surface area (Å²) in [7, 11) is 0. The van der Waals surface area contributed by atoms with Gasteiger partial charge in [0.15, 0.2) is 0 Å². The maximum Gasteiger partial charge on any atom is 0.326 e. The van der Waals surface area contributed by atoms with Crippen molar-refractivity contribution in [2.75, 3.05) is 0 Å². The average Bonchev–Trinajstić information content (AvgIpc) is 2.73. The number of carbonyl (C=O) groups is 2. The van der Waals surface area contributed by atoms with Crippen LogP contribution in [0.3, 0.4) is 0 Å². The number of carboxylic acids is 1. The van der Waals surface area contributed by atoms with Crippen LogP contribution in [-0.2, 0) is 11.3 Å². The van der Waals surface area contributed by atoms with Crippen LogP contribution >= 0.6 is 11.3 Å². The Kier molecular flexibility index (Phi) is 4.66. The van der Waals surface area contributed by atoms with E-state index in [0.717, 1.165) is 4.88 Å². The maximum absolute atomic E-state index is 11.6. The predicted octanol–water partition coefficient (Wildman–Crippen LogP) is 1.44. The Bertz CT molecular complexity index is 412. The fourth-order valence-corrected chi connectivity index (χ4v) is 1.86. The highest BCUT2D eigenvalue weighted by Crippen LogP contribution is 2.19. The third kappa shape index (κ3) is 4.33. The minimum Gasteiger partial charge on any atom is -0.480 e. The third-order valence-electron chi connectivity index (χ3n) is 2.30. The second-order valence-corrected chi connectivity index (χ2v) is 5.90. The number of hydrogen-bond donors (Lipinski definition) is 3. The number of nitrogens with zero attached hydrogens (tertiary/aromatic N) is 1. The first-order chi connectivity index (χ1) is 8.30. The van der Waals surface area contributed by atoms with E-state index in [1.807, 2.05) is 0 Å². The molecule has 1 aromatic rings. The fourth-order valence-electron chi connectivity index (χ4n) is 1.33. The lowest BCUT2D eigenvalue weighted by atomic mass is 9.87. The van der Waals surface area contributed by atoms with Gasteiger partial charge in [0, 0.05) is 11.1 Å². The van der Waals surface area contributed by atoms with E-state index in [1.165, 1.54) is 11.3 Å². The first-order valence-electron chi connectivity index (χ1n) is 5.45. The normalized spacial score (nSPS) is 12.8. The van der Waals surface area contributed by atoms with Gasteiger partial charge in [-0.1, -0.05) is 20.8 Å². The van der Waals surface area contributed by atoms with Crippen LogP contribution in [0, 0.1) is 5.41 Å². The average molecular weight is 271 g/mol. The number of nitrogens with one attached hydrogen (secondary N) is 2. The molecule has 0 fully saturated rings. The molecule has 1 rings (SSSR count). The number of amides is 2. The number of urea groups is 1. The summed E-state index contributed by atoms with van der Waals surface area (Å²) in [5.41, 5.74) is 1.12. The van der Waals surface area contributed by atoms with E-state index in [4.69, 9.17) is 5.11 Å². The number of rotatable bonds is 4. The van der Waals surface area contributed by atoms with E-state index in [1.54, 1.807) is 32.5 Å². The number of thiazole rings is 1. The van der Waals surface area contributed by atoms with Gasteiger partial charge in [-0.25, -0.2) is 9.59 Å². The van der Waals surface area contributed by atoms with Gasteiger partial charge in [0.1, 0.15) is 6.04 Å². The number of aromatic nitrogens is 1.